The van der Waals surface area contributed by atoms with Gasteiger partial charge in [-0.3, -0.25) is 9.89 Å². The lowest BCUT2D eigenvalue weighted by atomic mass is 9.67. The van der Waals surface area contributed by atoms with Gasteiger partial charge in [0, 0.05) is 23.0 Å². The summed E-state index contributed by atoms with van der Waals surface area (Å²) in [6.07, 6.45) is 5.40. The first-order valence-electron chi connectivity index (χ1n) is 7.72. The molecule has 0 aromatic carbocycles. The van der Waals surface area contributed by atoms with Crippen molar-refractivity contribution < 1.29 is 4.79 Å². The number of H-pyrrole nitrogens is 1. The predicted molar refractivity (Wildman–Crippen MR) is 91.3 cm³/mol. The van der Waals surface area contributed by atoms with Gasteiger partial charge in [-0.25, -0.2) is 4.98 Å². The predicted octanol–water partition coefficient (Wildman–Crippen LogP) is 2.47. The number of aromatic amines is 1. The molecule has 4 rings (SSSR count). The maximum atomic E-state index is 12.7. The highest BCUT2D eigenvalue weighted by Crippen LogP contribution is 2.40. The van der Waals surface area contributed by atoms with E-state index < -0.39 is 0 Å². The number of aromatic nitrogens is 5. The zero-order chi connectivity index (χ0) is 16.7. The average Bonchev–Trinajstić information content (AvgIpc) is 3.22. The molecule has 3 N–H and O–H groups in total. The SMILES string of the molecule is CC1(C)CCC1NC(=O)c1nc(Nc2cnns2)cc2cn[nH]c12. The van der Waals surface area contributed by atoms with Crippen LogP contribution in [0.25, 0.3) is 10.9 Å². The zero-order valence-electron chi connectivity index (χ0n) is 13.3. The number of carbonyl (C=O) groups is 1. The van der Waals surface area contributed by atoms with Crippen LogP contribution in [0.5, 0.6) is 0 Å². The summed E-state index contributed by atoms with van der Waals surface area (Å²) in [5, 5.41) is 18.5. The van der Waals surface area contributed by atoms with Crippen LogP contribution in [0.15, 0.2) is 18.5 Å². The number of nitrogens with zero attached hydrogens (tertiary/aromatic N) is 4. The second-order valence-corrected chi connectivity index (χ2v) is 7.44. The van der Waals surface area contributed by atoms with Gasteiger partial charge in [0.2, 0.25) is 0 Å². The van der Waals surface area contributed by atoms with E-state index in [1.807, 2.05) is 6.07 Å². The maximum absolute atomic E-state index is 12.7. The molecule has 1 aliphatic rings. The number of fused-ring (bicyclic) bond motifs is 1. The summed E-state index contributed by atoms with van der Waals surface area (Å²) in [5.41, 5.74) is 1.11. The van der Waals surface area contributed by atoms with Crippen LogP contribution in [0.4, 0.5) is 10.8 Å². The Morgan fingerprint density at radius 1 is 1.42 bits per heavy atom. The van der Waals surface area contributed by atoms with Crippen LogP contribution in [-0.4, -0.2) is 36.7 Å². The molecule has 1 atom stereocenters. The van der Waals surface area contributed by atoms with Gasteiger partial charge < -0.3 is 10.6 Å². The topological polar surface area (TPSA) is 108 Å². The highest BCUT2D eigenvalue weighted by molar-refractivity contribution is 7.09. The number of pyridine rings is 1. The zero-order valence-corrected chi connectivity index (χ0v) is 14.1. The Kier molecular flexibility index (Phi) is 3.45. The van der Waals surface area contributed by atoms with Crippen LogP contribution in [0.2, 0.25) is 0 Å². The van der Waals surface area contributed by atoms with Crippen molar-refractivity contribution >= 4 is 39.2 Å². The van der Waals surface area contributed by atoms with Crippen molar-refractivity contribution in [3.8, 4) is 0 Å². The molecule has 0 spiro atoms. The number of nitrogens with one attached hydrogen (secondary N) is 3. The second kappa shape index (κ2) is 5.52. The Balaban J connectivity index is 1.65. The van der Waals surface area contributed by atoms with E-state index in [9.17, 15) is 4.79 Å². The van der Waals surface area contributed by atoms with Gasteiger partial charge in [-0.05, 0) is 24.3 Å². The summed E-state index contributed by atoms with van der Waals surface area (Å²) in [4.78, 5) is 17.2. The first kappa shape index (κ1) is 15.0. The lowest BCUT2D eigenvalue weighted by Crippen LogP contribution is -2.52. The molecule has 0 radical (unpaired) electrons. The van der Waals surface area contributed by atoms with Gasteiger partial charge in [0.05, 0.1) is 17.9 Å². The Labute approximate surface area is 142 Å². The fourth-order valence-corrected chi connectivity index (χ4v) is 3.31. The van der Waals surface area contributed by atoms with Crippen LogP contribution in [0.1, 0.15) is 37.2 Å². The van der Waals surface area contributed by atoms with Gasteiger partial charge in [-0.15, -0.1) is 5.10 Å². The number of rotatable bonds is 4. The van der Waals surface area contributed by atoms with E-state index in [0.717, 1.165) is 23.2 Å². The third-order valence-corrected chi connectivity index (χ3v) is 5.16. The fourth-order valence-electron chi connectivity index (χ4n) is 2.89. The summed E-state index contributed by atoms with van der Waals surface area (Å²) in [6, 6.07) is 2.01. The Hall–Kier alpha value is -2.55. The highest BCUT2D eigenvalue weighted by Gasteiger charge is 2.39. The monoisotopic (exact) mass is 343 g/mol. The van der Waals surface area contributed by atoms with Gasteiger partial charge in [0.1, 0.15) is 10.8 Å². The van der Waals surface area contributed by atoms with Crippen molar-refractivity contribution in [3.63, 3.8) is 0 Å². The van der Waals surface area contributed by atoms with Gasteiger partial charge in [-0.1, -0.05) is 18.3 Å². The van der Waals surface area contributed by atoms with Gasteiger partial charge in [0.25, 0.3) is 5.91 Å². The molecule has 9 heteroatoms. The summed E-state index contributed by atoms with van der Waals surface area (Å²) in [7, 11) is 0. The molecule has 0 saturated heterocycles. The molecular weight excluding hydrogens is 326 g/mol. The molecule has 1 saturated carbocycles. The van der Waals surface area contributed by atoms with Crippen molar-refractivity contribution in [2.45, 2.75) is 32.7 Å². The average molecular weight is 343 g/mol. The minimum atomic E-state index is -0.187. The van der Waals surface area contributed by atoms with Gasteiger partial charge in [0.15, 0.2) is 5.69 Å². The third-order valence-electron chi connectivity index (χ3n) is 4.58. The van der Waals surface area contributed by atoms with Crippen LogP contribution in [-0.2, 0) is 0 Å². The maximum Gasteiger partial charge on any atom is 0.272 e. The molecule has 8 nitrogen and oxygen atoms in total. The fraction of sp³-hybridized carbons (Fsp3) is 0.400. The third kappa shape index (κ3) is 2.60. The molecule has 3 aromatic heterocycles. The second-order valence-electron chi connectivity index (χ2n) is 6.65. The van der Waals surface area contributed by atoms with Crippen LogP contribution >= 0.6 is 11.5 Å². The molecule has 3 aromatic rings. The smallest absolute Gasteiger partial charge is 0.272 e. The number of hydrogen-bond acceptors (Lipinski definition) is 7. The highest BCUT2D eigenvalue weighted by atomic mass is 32.1. The molecule has 124 valence electrons. The molecule has 3 heterocycles. The normalized spacial score (nSPS) is 19.0. The van der Waals surface area contributed by atoms with E-state index >= 15 is 0 Å². The van der Waals surface area contributed by atoms with Crippen LogP contribution in [0, 0.1) is 5.41 Å². The van der Waals surface area contributed by atoms with Crippen LogP contribution < -0.4 is 10.6 Å². The Bertz CT molecular complexity index is 887. The van der Waals surface area contributed by atoms with E-state index in [-0.39, 0.29) is 17.4 Å². The number of anilines is 2. The summed E-state index contributed by atoms with van der Waals surface area (Å²) < 4.78 is 3.81. The minimum Gasteiger partial charge on any atom is -0.347 e. The van der Waals surface area contributed by atoms with E-state index in [0.29, 0.717) is 17.0 Å². The van der Waals surface area contributed by atoms with E-state index in [1.54, 1.807) is 12.4 Å². The molecule has 0 bridgehead atoms. The first-order valence-corrected chi connectivity index (χ1v) is 8.50. The minimum absolute atomic E-state index is 0.132. The standard InChI is InChI=1S/C15H17N7OS/c1-15(2)4-3-9(15)18-14(23)13-12-8(6-16-21-12)5-10(20-13)19-11-7-17-22-24-11/h5-7,9H,3-4H2,1-2H3,(H,16,21)(H,18,23)(H,19,20). The molecule has 1 aliphatic carbocycles. The largest absolute Gasteiger partial charge is 0.347 e. The van der Waals surface area contributed by atoms with E-state index in [1.165, 1.54) is 11.5 Å². The Morgan fingerprint density at radius 3 is 2.96 bits per heavy atom. The van der Waals surface area contributed by atoms with Crippen LogP contribution in [0.3, 0.4) is 0 Å². The molecule has 1 fully saturated rings. The summed E-state index contributed by atoms with van der Waals surface area (Å²) in [6.45, 7) is 4.32. The quantitative estimate of drug-likeness (QED) is 0.671. The van der Waals surface area contributed by atoms with Crippen molar-refractivity contribution in [2.24, 2.45) is 5.41 Å². The summed E-state index contributed by atoms with van der Waals surface area (Å²) >= 11 is 1.23. The Morgan fingerprint density at radius 2 is 2.29 bits per heavy atom. The number of amides is 1. The van der Waals surface area contributed by atoms with E-state index in [4.69, 9.17) is 0 Å². The molecular formula is C15H17N7OS. The lowest BCUT2D eigenvalue weighted by molar-refractivity contribution is 0.0729. The molecule has 0 aliphatic heterocycles. The number of hydrogen-bond donors (Lipinski definition) is 3. The number of carbonyl (C=O) groups excluding carboxylic acids is 1. The molecule has 24 heavy (non-hydrogen) atoms. The van der Waals surface area contributed by atoms with Crippen molar-refractivity contribution in [3.05, 3.63) is 24.2 Å². The summed E-state index contributed by atoms with van der Waals surface area (Å²) in [5.74, 6) is 0.376. The lowest BCUT2D eigenvalue weighted by Gasteiger charge is -2.44. The van der Waals surface area contributed by atoms with Crippen molar-refractivity contribution in [1.82, 2.24) is 30.1 Å². The van der Waals surface area contributed by atoms with Gasteiger partial charge in [-0.2, -0.15) is 5.10 Å². The van der Waals surface area contributed by atoms with E-state index in [2.05, 4.69) is 49.2 Å². The molecule has 1 unspecified atom stereocenters. The first-order chi connectivity index (χ1) is 11.5. The van der Waals surface area contributed by atoms with Gasteiger partial charge >= 0.3 is 0 Å². The van der Waals surface area contributed by atoms with Crippen molar-refractivity contribution in [1.29, 1.82) is 0 Å². The van der Waals surface area contributed by atoms with Crippen molar-refractivity contribution in [2.75, 3.05) is 5.32 Å². The molecule has 1 amide bonds.